The second kappa shape index (κ2) is 5.92. The van der Waals surface area contributed by atoms with E-state index in [1.54, 1.807) is 12.1 Å². The number of rotatable bonds is 4. The fourth-order valence-electron chi connectivity index (χ4n) is 1.66. The molecule has 2 rings (SSSR count). The average molecular weight is 282 g/mol. The molecule has 1 aromatic heterocycles. The van der Waals surface area contributed by atoms with Gasteiger partial charge in [-0.05, 0) is 36.7 Å². The first-order valence-corrected chi connectivity index (χ1v) is 5.99. The van der Waals surface area contributed by atoms with Crippen molar-refractivity contribution in [1.82, 2.24) is 4.98 Å². The first-order valence-electron chi connectivity index (χ1n) is 5.99. The second-order valence-corrected chi connectivity index (χ2v) is 4.16. The molecule has 0 aliphatic carbocycles. The van der Waals surface area contributed by atoms with Crippen LogP contribution in [0.2, 0.25) is 0 Å². The molecule has 2 N–H and O–H groups in total. The number of alkyl halides is 3. The van der Waals surface area contributed by atoms with Gasteiger partial charge in [-0.3, -0.25) is 4.98 Å². The minimum atomic E-state index is -4.48. The highest BCUT2D eigenvalue weighted by Gasteiger charge is 2.32. The number of hydrogen-bond donors (Lipinski definition) is 1. The molecular weight excluding hydrogens is 269 g/mol. The Balaban J connectivity index is 2.13. The topological polar surface area (TPSA) is 48.1 Å². The maximum Gasteiger partial charge on any atom is 0.433 e. The van der Waals surface area contributed by atoms with Crippen LogP contribution in [0, 0.1) is 0 Å². The third-order valence-electron chi connectivity index (χ3n) is 2.61. The molecule has 1 aromatic carbocycles. The standard InChI is InChI=1S/C14H13F3N2O/c15-14(16,17)13-9-12(6-8-19-13)20-11-3-1-10(2-4-11)5-7-18/h1-4,6,8-9H,5,7,18H2. The molecule has 3 nitrogen and oxygen atoms in total. The summed E-state index contributed by atoms with van der Waals surface area (Å²) in [5, 5.41) is 0. The number of ether oxygens (including phenoxy) is 1. The Morgan fingerprint density at radius 1 is 1.05 bits per heavy atom. The molecule has 6 heteroatoms. The summed E-state index contributed by atoms with van der Waals surface area (Å²) in [7, 11) is 0. The Labute approximate surface area is 114 Å². The third kappa shape index (κ3) is 3.71. The summed E-state index contributed by atoms with van der Waals surface area (Å²) in [4.78, 5) is 3.27. The second-order valence-electron chi connectivity index (χ2n) is 4.16. The van der Waals surface area contributed by atoms with Crippen molar-refractivity contribution in [2.45, 2.75) is 12.6 Å². The number of aromatic nitrogens is 1. The van der Waals surface area contributed by atoms with Gasteiger partial charge in [-0.2, -0.15) is 13.2 Å². The van der Waals surface area contributed by atoms with E-state index in [1.165, 1.54) is 6.07 Å². The van der Waals surface area contributed by atoms with Gasteiger partial charge in [0.25, 0.3) is 0 Å². The highest BCUT2D eigenvalue weighted by molar-refractivity contribution is 5.33. The first kappa shape index (κ1) is 14.3. The van der Waals surface area contributed by atoms with Gasteiger partial charge in [0.05, 0.1) is 0 Å². The summed E-state index contributed by atoms with van der Waals surface area (Å²) in [6, 6.07) is 9.29. The van der Waals surface area contributed by atoms with Gasteiger partial charge in [-0.15, -0.1) is 0 Å². The van der Waals surface area contributed by atoms with Crippen LogP contribution in [-0.4, -0.2) is 11.5 Å². The van der Waals surface area contributed by atoms with Gasteiger partial charge >= 0.3 is 6.18 Å². The van der Waals surface area contributed by atoms with Crippen LogP contribution in [0.3, 0.4) is 0 Å². The smallest absolute Gasteiger partial charge is 0.433 e. The van der Waals surface area contributed by atoms with E-state index in [9.17, 15) is 13.2 Å². The normalized spacial score (nSPS) is 11.4. The van der Waals surface area contributed by atoms with Crippen LogP contribution in [0.5, 0.6) is 11.5 Å². The predicted octanol–water partition coefficient (Wildman–Crippen LogP) is 3.39. The predicted molar refractivity (Wildman–Crippen MR) is 68.5 cm³/mol. The third-order valence-corrected chi connectivity index (χ3v) is 2.61. The van der Waals surface area contributed by atoms with Gasteiger partial charge in [0.1, 0.15) is 17.2 Å². The largest absolute Gasteiger partial charge is 0.457 e. The summed E-state index contributed by atoms with van der Waals surface area (Å²) in [5.41, 5.74) is 5.50. The summed E-state index contributed by atoms with van der Waals surface area (Å²) in [5.74, 6) is 0.559. The van der Waals surface area contributed by atoms with Crippen molar-refractivity contribution in [3.63, 3.8) is 0 Å². The van der Waals surface area contributed by atoms with Crippen molar-refractivity contribution in [2.75, 3.05) is 6.54 Å². The van der Waals surface area contributed by atoms with E-state index in [0.717, 1.165) is 24.2 Å². The monoisotopic (exact) mass is 282 g/mol. The van der Waals surface area contributed by atoms with E-state index in [4.69, 9.17) is 10.5 Å². The molecule has 0 aliphatic heterocycles. The van der Waals surface area contributed by atoms with Gasteiger partial charge in [0.2, 0.25) is 0 Å². The number of nitrogens with two attached hydrogens (primary N) is 1. The lowest BCUT2D eigenvalue weighted by molar-refractivity contribution is -0.141. The molecule has 2 aromatic rings. The van der Waals surface area contributed by atoms with Crippen molar-refractivity contribution < 1.29 is 17.9 Å². The zero-order valence-electron chi connectivity index (χ0n) is 10.5. The lowest BCUT2D eigenvalue weighted by Gasteiger charge is -2.09. The molecular formula is C14H13F3N2O. The molecule has 0 fully saturated rings. The van der Waals surface area contributed by atoms with Gasteiger partial charge in [-0.1, -0.05) is 12.1 Å². The van der Waals surface area contributed by atoms with Crippen molar-refractivity contribution in [3.05, 3.63) is 53.9 Å². The molecule has 0 saturated carbocycles. The Morgan fingerprint density at radius 2 is 1.75 bits per heavy atom. The Morgan fingerprint density at radius 3 is 2.35 bits per heavy atom. The van der Waals surface area contributed by atoms with Crippen LogP contribution in [0.4, 0.5) is 13.2 Å². The molecule has 0 saturated heterocycles. The van der Waals surface area contributed by atoms with Crippen LogP contribution in [-0.2, 0) is 12.6 Å². The zero-order valence-corrected chi connectivity index (χ0v) is 10.5. The minimum Gasteiger partial charge on any atom is -0.457 e. The first-order chi connectivity index (χ1) is 9.49. The number of halogens is 3. The average Bonchev–Trinajstić information content (AvgIpc) is 2.41. The van der Waals surface area contributed by atoms with E-state index >= 15 is 0 Å². The van der Waals surface area contributed by atoms with E-state index in [1.807, 2.05) is 12.1 Å². The molecule has 0 spiro atoms. The van der Waals surface area contributed by atoms with Crippen LogP contribution in [0.15, 0.2) is 42.6 Å². The van der Waals surface area contributed by atoms with E-state index in [0.29, 0.717) is 12.3 Å². The molecule has 0 radical (unpaired) electrons. The molecule has 0 atom stereocenters. The van der Waals surface area contributed by atoms with Crippen molar-refractivity contribution in [3.8, 4) is 11.5 Å². The fraction of sp³-hybridized carbons (Fsp3) is 0.214. The number of benzene rings is 1. The van der Waals surface area contributed by atoms with Crippen molar-refractivity contribution in [2.24, 2.45) is 5.73 Å². The summed E-state index contributed by atoms with van der Waals surface area (Å²) >= 11 is 0. The van der Waals surface area contributed by atoms with Crippen molar-refractivity contribution >= 4 is 0 Å². The SMILES string of the molecule is NCCc1ccc(Oc2ccnc(C(F)(F)F)c2)cc1. The highest BCUT2D eigenvalue weighted by Crippen LogP contribution is 2.31. The van der Waals surface area contributed by atoms with Crippen LogP contribution in [0.1, 0.15) is 11.3 Å². The zero-order chi connectivity index (χ0) is 14.6. The molecule has 0 aliphatic rings. The quantitative estimate of drug-likeness (QED) is 0.935. The number of pyridine rings is 1. The molecule has 0 unspecified atom stereocenters. The summed E-state index contributed by atoms with van der Waals surface area (Å²) in [6.07, 6.45) is -2.67. The Hall–Kier alpha value is -2.08. The highest BCUT2D eigenvalue weighted by atomic mass is 19.4. The molecule has 0 bridgehead atoms. The fourth-order valence-corrected chi connectivity index (χ4v) is 1.66. The van der Waals surface area contributed by atoms with Gasteiger partial charge < -0.3 is 10.5 Å². The number of nitrogens with zero attached hydrogens (tertiary/aromatic N) is 1. The lowest BCUT2D eigenvalue weighted by Crippen LogP contribution is -2.07. The van der Waals surface area contributed by atoms with Gasteiger partial charge in [0.15, 0.2) is 0 Å². The van der Waals surface area contributed by atoms with E-state index < -0.39 is 11.9 Å². The van der Waals surface area contributed by atoms with Crippen LogP contribution >= 0.6 is 0 Å². The van der Waals surface area contributed by atoms with E-state index in [-0.39, 0.29) is 5.75 Å². The van der Waals surface area contributed by atoms with Gasteiger partial charge in [0, 0.05) is 12.3 Å². The van der Waals surface area contributed by atoms with Crippen LogP contribution in [0.25, 0.3) is 0 Å². The van der Waals surface area contributed by atoms with E-state index in [2.05, 4.69) is 4.98 Å². The minimum absolute atomic E-state index is 0.0962. The summed E-state index contributed by atoms with van der Waals surface area (Å²) < 4.78 is 42.9. The van der Waals surface area contributed by atoms with Crippen molar-refractivity contribution in [1.29, 1.82) is 0 Å². The molecule has 106 valence electrons. The summed E-state index contributed by atoms with van der Waals surface area (Å²) in [6.45, 7) is 0.541. The molecule has 1 heterocycles. The number of hydrogen-bond acceptors (Lipinski definition) is 3. The lowest BCUT2D eigenvalue weighted by atomic mass is 10.1. The maximum atomic E-state index is 12.5. The Bertz CT molecular complexity index is 567. The molecule has 20 heavy (non-hydrogen) atoms. The maximum absolute atomic E-state index is 12.5. The van der Waals surface area contributed by atoms with Gasteiger partial charge in [-0.25, -0.2) is 0 Å². The van der Waals surface area contributed by atoms with Crippen LogP contribution < -0.4 is 10.5 Å². The molecule has 0 amide bonds. The Kier molecular flexibility index (Phi) is 4.24.